The van der Waals surface area contributed by atoms with Gasteiger partial charge in [-0.3, -0.25) is 0 Å². The van der Waals surface area contributed by atoms with Gasteiger partial charge in [-0.1, -0.05) is 13.8 Å². The van der Waals surface area contributed by atoms with Gasteiger partial charge in [0.1, 0.15) is 11.5 Å². The summed E-state index contributed by atoms with van der Waals surface area (Å²) in [6.45, 7) is 9.51. The maximum Gasteiger partial charge on any atom is 0.117 e. The molecule has 0 aliphatic rings. The third kappa shape index (κ3) is 4.92. The zero-order valence-corrected chi connectivity index (χ0v) is 11.6. The molecule has 1 rings (SSSR count). The molecule has 0 fully saturated rings. The van der Waals surface area contributed by atoms with E-state index in [0.29, 0.717) is 6.04 Å². The second-order valence-corrected chi connectivity index (χ2v) is 4.64. The fraction of sp³-hybridized carbons (Fsp3) is 0.714. The molecule has 0 amide bonds. The van der Waals surface area contributed by atoms with Crippen LogP contribution in [0.5, 0.6) is 0 Å². The molecule has 1 aromatic heterocycles. The summed E-state index contributed by atoms with van der Waals surface area (Å²) in [6.07, 6.45) is 2.17. The summed E-state index contributed by atoms with van der Waals surface area (Å²) in [6, 6.07) is 4.78. The number of likely N-dealkylation sites (N-methyl/N-ethyl adjacent to an activating group) is 1. The summed E-state index contributed by atoms with van der Waals surface area (Å²) < 4.78 is 5.63. The Hall–Kier alpha value is -0.800. The molecular formula is C14H26N2O. The fourth-order valence-corrected chi connectivity index (χ4v) is 1.71. The summed E-state index contributed by atoms with van der Waals surface area (Å²) in [5.74, 6) is 2.10. The van der Waals surface area contributed by atoms with E-state index >= 15 is 0 Å². The van der Waals surface area contributed by atoms with Gasteiger partial charge in [0.25, 0.3) is 0 Å². The summed E-state index contributed by atoms with van der Waals surface area (Å²) in [4.78, 5) is 2.38. The van der Waals surface area contributed by atoms with Crippen LogP contribution in [0, 0.1) is 0 Å². The number of hydrogen-bond acceptors (Lipinski definition) is 3. The van der Waals surface area contributed by atoms with Gasteiger partial charge in [-0.05, 0) is 32.5 Å². The molecule has 1 unspecified atom stereocenters. The first kappa shape index (κ1) is 14.3. The van der Waals surface area contributed by atoms with Gasteiger partial charge in [-0.2, -0.15) is 0 Å². The van der Waals surface area contributed by atoms with E-state index in [1.807, 2.05) is 0 Å². The molecule has 1 atom stereocenters. The van der Waals surface area contributed by atoms with E-state index in [0.717, 1.165) is 37.6 Å². The van der Waals surface area contributed by atoms with Crippen molar-refractivity contribution in [1.82, 2.24) is 10.2 Å². The highest BCUT2D eigenvalue weighted by Gasteiger charge is 2.05. The molecule has 17 heavy (non-hydrogen) atoms. The van der Waals surface area contributed by atoms with E-state index in [1.165, 1.54) is 6.42 Å². The normalized spacial score (nSPS) is 13.2. The van der Waals surface area contributed by atoms with Crippen LogP contribution in [0.4, 0.5) is 0 Å². The number of nitrogens with one attached hydrogen (secondary N) is 1. The van der Waals surface area contributed by atoms with Crippen LogP contribution >= 0.6 is 0 Å². The second kappa shape index (κ2) is 7.51. The second-order valence-electron chi connectivity index (χ2n) is 4.64. The van der Waals surface area contributed by atoms with E-state index < -0.39 is 0 Å². The van der Waals surface area contributed by atoms with Crippen LogP contribution in [0.25, 0.3) is 0 Å². The van der Waals surface area contributed by atoms with Gasteiger partial charge < -0.3 is 14.6 Å². The molecule has 0 bridgehead atoms. The van der Waals surface area contributed by atoms with Crippen LogP contribution in [0.1, 0.15) is 38.7 Å². The Labute approximate surface area is 105 Å². The Morgan fingerprint density at radius 1 is 1.29 bits per heavy atom. The highest BCUT2D eigenvalue weighted by Crippen LogP contribution is 2.07. The minimum absolute atomic E-state index is 0.659. The van der Waals surface area contributed by atoms with E-state index in [9.17, 15) is 0 Å². The maximum absolute atomic E-state index is 5.63. The van der Waals surface area contributed by atoms with Crippen molar-refractivity contribution in [2.24, 2.45) is 0 Å². The molecule has 0 spiro atoms. The predicted molar refractivity (Wildman–Crippen MR) is 72.2 cm³/mol. The van der Waals surface area contributed by atoms with Gasteiger partial charge in [0, 0.05) is 25.6 Å². The Balaban J connectivity index is 2.15. The van der Waals surface area contributed by atoms with Crippen LogP contribution < -0.4 is 5.32 Å². The van der Waals surface area contributed by atoms with Gasteiger partial charge in [-0.25, -0.2) is 0 Å². The van der Waals surface area contributed by atoms with Crippen LogP contribution in [0.15, 0.2) is 16.5 Å². The lowest BCUT2D eigenvalue weighted by Crippen LogP contribution is -2.34. The molecule has 0 aliphatic carbocycles. The largest absolute Gasteiger partial charge is 0.465 e. The monoisotopic (exact) mass is 238 g/mol. The third-order valence-electron chi connectivity index (χ3n) is 3.35. The molecule has 1 aromatic rings. The first-order valence-corrected chi connectivity index (χ1v) is 6.65. The lowest BCUT2D eigenvalue weighted by molar-refractivity contribution is 0.250. The average molecular weight is 238 g/mol. The van der Waals surface area contributed by atoms with Crippen molar-refractivity contribution in [3.05, 3.63) is 23.7 Å². The molecule has 0 radical (unpaired) electrons. The van der Waals surface area contributed by atoms with E-state index in [-0.39, 0.29) is 0 Å². The lowest BCUT2D eigenvalue weighted by Gasteiger charge is -2.23. The van der Waals surface area contributed by atoms with Gasteiger partial charge in [-0.15, -0.1) is 0 Å². The van der Waals surface area contributed by atoms with Crippen molar-refractivity contribution in [2.75, 3.05) is 20.1 Å². The molecule has 0 aromatic carbocycles. The molecule has 0 aliphatic heterocycles. The molecule has 0 saturated heterocycles. The standard InChI is InChI=1S/C14H26N2O/c1-5-12(3)16(4)10-9-15-11-14-8-7-13(6-2)17-14/h7-8,12,15H,5-6,9-11H2,1-4H3. The van der Waals surface area contributed by atoms with Gasteiger partial charge in [0.05, 0.1) is 6.54 Å². The summed E-state index contributed by atoms with van der Waals surface area (Å²) >= 11 is 0. The minimum Gasteiger partial charge on any atom is -0.465 e. The Morgan fingerprint density at radius 3 is 2.59 bits per heavy atom. The molecule has 1 heterocycles. The van der Waals surface area contributed by atoms with Crippen LogP contribution in [-0.2, 0) is 13.0 Å². The van der Waals surface area contributed by atoms with E-state index in [2.05, 4.69) is 50.2 Å². The summed E-state index contributed by atoms with van der Waals surface area (Å²) in [5.41, 5.74) is 0. The smallest absolute Gasteiger partial charge is 0.117 e. The molecule has 1 N–H and O–H groups in total. The van der Waals surface area contributed by atoms with Gasteiger partial charge in [0.2, 0.25) is 0 Å². The Kier molecular flexibility index (Phi) is 6.30. The zero-order chi connectivity index (χ0) is 12.7. The molecular weight excluding hydrogens is 212 g/mol. The number of rotatable bonds is 8. The number of aryl methyl sites for hydroxylation is 1. The van der Waals surface area contributed by atoms with Crippen molar-refractivity contribution >= 4 is 0 Å². The predicted octanol–water partition coefficient (Wildman–Crippen LogP) is 2.66. The zero-order valence-electron chi connectivity index (χ0n) is 11.6. The maximum atomic E-state index is 5.63. The average Bonchev–Trinajstić information content (AvgIpc) is 2.81. The van der Waals surface area contributed by atoms with Crippen molar-refractivity contribution in [3.63, 3.8) is 0 Å². The van der Waals surface area contributed by atoms with Gasteiger partial charge in [0.15, 0.2) is 0 Å². The van der Waals surface area contributed by atoms with Crippen LogP contribution in [0.2, 0.25) is 0 Å². The van der Waals surface area contributed by atoms with Gasteiger partial charge >= 0.3 is 0 Å². The number of furan rings is 1. The minimum atomic E-state index is 0.659. The number of hydrogen-bond donors (Lipinski definition) is 1. The lowest BCUT2D eigenvalue weighted by atomic mass is 10.2. The number of nitrogens with zero attached hydrogens (tertiary/aromatic N) is 1. The van der Waals surface area contributed by atoms with E-state index in [4.69, 9.17) is 4.42 Å². The van der Waals surface area contributed by atoms with Crippen LogP contribution in [0.3, 0.4) is 0 Å². The first-order valence-electron chi connectivity index (χ1n) is 6.65. The molecule has 3 heteroatoms. The quantitative estimate of drug-likeness (QED) is 0.706. The topological polar surface area (TPSA) is 28.4 Å². The summed E-state index contributed by atoms with van der Waals surface area (Å²) in [5, 5.41) is 3.41. The van der Waals surface area contributed by atoms with Crippen molar-refractivity contribution in [1.29, 1.82) is 0 Å². The molecule has 98 valence electrons. The first-order chi connectivity index (χ1) is 8.17. The molecule has 0 saturated carbocycles. The van der Waals surface area contributed by atoms with Crippen molar-refractivity contribution in [2.45, 2.75) is 46.2 Å². The van der Waals surface area contributed by atoms with E-state index in [1.54, 1.807) is 0 Å². The fourth-order valence-electron chi connectivity index (χ4n) is 1.71. The highest BCUT2D eigenvalue weighted by molar-refractivity contribution is 5.06. The molecule has 3 nitrogen and oxygen atoms in total. The third-order valence-corrected chi connectivity index (χ3v) is 3.35. The highest BCUT2D eigenvalue weighted by atomic mass is 16.3. The SMILES string of the molecule is CCc1ccc(CNCCN(C)C(C)CC)o1. The van der Waals surface area contributed by atoms with Crippen molar-refractivity contribution < 1.29 is 4.42 Å². The van der Waals surface area contributed by atoms with Crippen molar-refractivity contribution in [3.8, 4) is 0 Å². The Morgan fingerprint density at radius 2 is 2.00 bits per heavy atom. The Bertz CT molecular complexity index is 309. The summed E-state index contributed by atoms with van der Waals surface area (Å²) in [7, 11) is 2.18. The van der Waals surface area contributed by atoms with Crippen LogP contribution in [-0.4, -0.2) is 31.1 Å².